The normalized spacial score (nSPS) is 10.2. The highest BCUT2D eigenvalue weighted by atomic mass is 16.5. The number of nitrogens with zero attached hydrogens (tertiary/aromatic N) is 2. The third-order valence-electron chi connectivity index (χ3n) is 2.36. The van der Waals surface area contributed by atoms with Gasteiger partial charge in [0.25, 0.3) is 5.91 Å². The highest BCUT2D eigenvalue weighted by Gasteiger charge is 2.10. The summed E-state index contributed by atoms with van der Waals surface area (Å²) in [6, 6.07) is 5.82. The molecule has 0 fully saturated rings. The number of carbonyl (C=O) groups is 1. The van der Waals surface area contributed by atoms with Crippen LogP contribution in [0, 0.1) is 13.8 Å². The van der Waals surface area contributed by atoms with E-state index < -0.39 is 0 Å². The Bertz CT molecular complexity index is 557. The van der Waals surface area contributed by atoms with Crippen LogP contribution in [-0.4, -0.2) is 28.2 Å². The molecule has 0 aliphatic rings. The molecule has 0 aliphatic heterocycles. The topological polar surface area (TPSA) is 79.9 Å². The van der Waals surface area contributed by atoms with Gasteiger partial charge in [0, 0.05) is 5.56 Å². The molecule has 2 N–H and O–H groups in total. The number of nitrogens with one attached hydrogen (secondary N) is 2. The third kappa shape index (κ3) is 2.65. The average molecular weight is 246 g/mol. The summed E-state index contributed by atoms with van der Waals surface area (Å²) < 4.78 is 4.82. The Morgan fingerprint density at radius 2 is 1.94 bits per heavy atom. The molecule has 2 rings (SSSR count). The number of aryl methyl sites for hydroxylation is 2. The fourth-order valence-electron chi connectivity index (χ4n) is 1.68. The van der Waals surface area contributed by atoms with Gasteiger partial charge in [-0.25, -0.2) is 5.10 Å². The van der Waals surface area contributed by atoms with Crippen molar-refractivity contribution in [3.63, 3.8) is 0 Å². The van der Waals surface area contributed by atoms with Crippen molar-refractivity contribution in [2.24, 2.45) is 0 Å². The molecule has 0 spiro atoms. The Morgan fingerprint density at radius 3 is 2.50 bits per heavy atom. The Balaban J connectivity index is 2.16. The van der Waals surface area contributed by atoms with Crippen LogP contribution in [0.4, 0.5) is 5.95 Å². The van der Waals surface area contributed by atoms with E-state index in [-0.39, 0.29) is 17.9 Å². The van der Waals surface area contributed by atoms with Crippen molar-refractivity contribution in [1.29, 1.82) is 0 Å². The first kappa shape index (κ1) is 12.1. The van der Waals surface area contributed by atoms with Crippen LogP contribution in [0.25, 0.3) is 0 Å². The first-order valence-electron chi connectivity index (χ1n) is 5.44. The summed E-state index contributed by atoms with van der Waals surface area (Å²) in [4.78, 5) is 15.9. The lowest BCUT2D eigenvalue weighted by Gasteiger charge is -2.04. The van der Waals surface area contributed by atoms with Crippen molar-refractivity contribution in [2.45, 2.75) is 13.8 Å². The molecule has 0 saturated carbocycles. The zero-order valence-corrected chi connectivity index (χ0v) is 10.4. The van der Waals surface area contributed by atoms with Crippen LogP contribution in [0.15, 0.2) is 18.2 Å². The zero-order valence-electron chi connectivity index (χ0n) is 10.4. The minimum absolute atomic E-state index is 0.186. The summed E-state index contributed by atoms with van der Waals surface area (Å²) in [6.45, 7) is 3.89. The monoisotopic (exact) mass is 246 g/mol. The number of carbonyl (C=O) groups excluding carboxylic acids is 1. The molecule has 94 valence electrons. The number of benzene rings is 1. The first-order valence-corrected chi connectivity index (χ1v) is 5.44. The fourth-order valence-corrected chi connectivity index (χ4v) is 1.68. The fraction of sp³-hybridized carbons (Fsp3) is 0.250. The van der Waals surface area contributed by atoms with Gasteiger partial charge < -0.3 is 4.74 Å². The van der Waals surface area contributed by atoms with Gasteiger partial charge in [0.05, 0.1) is 7.11 Å². The van der Waals surface area contributed by atoms with Crippen LogP contribution in [0.5, 0.6) is 6.01 Å². The maximum absolute atomic E-state index is 12.0. The lowest BCUT2D eigenvalue weighted by molar-refractivity contribution is 0.102. The second-order valence-corrected chi connectivity index (χ2v) is 4.00. The molecule has 1 aromatic heterocycles. The number of hydrogen-bond donors (Lipinski definition) is 2. The molecule has 1 amide bonds. The second kappa shape index (κ2) is 4.87. The number of ether oxygens (including phenoxy) is 1. The van der Waals surface area contributed by atoms with Gasteiger partial charge in [-0.1, -0.05) is 17.2 Å². The molecule has 0 bridgehead atoms. The molecule has 18 heavy (non-hydrogen) atoms. The molecule has 0 radical (unpaired) electrons. The Kier molecular flexibility index (Phi) is 3.27. The van der Waals surface area contributed by atoms with Crippen LogP contribution in [-0.2, 0) is 0 Å². The zero-order chi connectivity index (χ0) is 13.1. The predicted molar refractivity (Wildman–Crippen MR) is 66.8 cm³/mol. The first-order chi connectivity index (χ1) is 8.58. The van der Waals surface area contributed by atoms with Crippen molar-refractivity contribution < 1.29 is 9.53 Å². The van der Waals surface area contributed by atoms with E-state index in [2.05, 4.69) is 20.5 Å². The van der Waals surface area contributed by atoms with Gasteiger partial charge in [0.2, 0.25) is 5.95 Å². The summed E-state index contributed by atoms with van der Waals surface area (Å²) in [5.74, 6) is 0.0246. The van der Waals surface area contributed by atoms with Gasteiger partial charge >= 0.3 is 6.01 Å². The minimum atomic E-state index is -0.236. The van der Waals surface area contributed by atoms with Gasteiger partial charge in [0.1, 0.15) is 0 Å². The molecule has 6 heteroatoms. The van der Waals surface area contributed by atoms with E-state index in [1.54, 1.807) is 0 Å². The number of H-pyrrole nitrogens is 1. The maximum atomic E-state index is 12.0. The Hall–Kier alpha value is -2.37. The third-order valence-corrected chi connectivity index (χ3v) is 2.36. The standard InChI is InChI=1S/C12H14N4O2/c1-7-4-8(2)6-9(5-7)10(17)13-11-14-12(18-3)16-15-11/h4-6H,1-3H3,(H2,13,14,15,16,17). The summed E-state index contributed by atoms with van der Waals surface area (Å²) in [6.07, 6.45) is 0. The predicted octanol–water partition coefficient (Wildman–Crippen LogP) is 1.68. The molecule has 0 atom stereocenters. The smallest absolute Gasteiger partial charge is 0.336 e. The summed E-state index contributed by atoms with van der Waals surface area (Å²) in [7, 11) is 1.46. The van der Waals surface area contributed by atoms with Crippen LogP contribution < -0.4 is 10.1 Å². The van der Waals surface area contributed by atoms with Crippen molar-refractivity contribution in [1.82, 2.24) is 15.2 Å². The molecule has 0 saturated heterocycles. The van der Waals surface area contributed by atoms with Crippen LogP contribution in [0.3, 0.4) is 0 Å². The Morgan fingerprint density at radius 1 is 1.28 bits per heavy atom. The molecule has 0 unspecified atom stereocenters. The number of aromatic amines is 1. The number of hydrogen-bond acceptors (Lipinski definition) is 4. The summed E-state index contributed by atoms with van der Waals surface area (Å²) in [5, 5.41) is 8.93. The minimum Gasteiger partial charge on any atom is -0.466 e. The van der Waals surface area contributed by atoms with Crippen molar-refractivity contribution >= 4 is 11.9 Å². The Labute approximate surface area is 104 Å². The quantitative estimate of drug-likeness (QED) is 0.863. The van der Waals surface area contributed by atoms with Gasteiger partial charge in [-0.3, -0.25) is 10.1 Å². The molecule has 1 aromatic carbocycles. The van der Waals surface area contributed by atoms with E-state index >= 15 is 0 Å². The van der Waals surface area contributed by atoms with Crippen LogP contribution in [0.2, 0.25) is 0 Å². The lowest BCUT2D eigenvalue weighted by Crippen LogP contribution is -2.13. The number of rotatable bonds is 3. The SMILES string of the molecule is COc1n[nH]c(NC(=O)c2cc(C)cc(C)c2)n1. The number of aromatic nitrogens is 3. The van der Waals surface area contributed by atoms with E-state index in [1.165, 1.54) is 7.11 Å². The average Bonchev–Trinajstić information content (AvgIpc) is 2.75. The molecule has 2 aromatic rings. The summed E-state index contributed by atoms with van der Waals surface area (Å²) in [5.41, 5.74) is 2.66. The van der Waals surface area contributed by atoms with E-state index in [9.17, 15) is 4.79 Å². The van der Waals surface area contributed by atoms with E-state index in [4.69, 9.17) is 4.74 Å². The lowest BCUT2D eigenvalue weighted by atomic mass is 10.1. The van der Waals surface area contributed by atoms with Gasteiger partial charge in [-0.2, -0.15) is 4.98 Å². The van der Waals surface area contributed by atoms with Crippen molar-refractivity contribution in [2.75, 3.05) is 12.4 Å². The second-order valence-electron chi connectivity index (χ2n) is 4.00. The summed E-state index contributed by atoms with van der Waals surface area (Å²) >= 11 is 0. The van der Waals surface area contributed by atoms with Crippen molar-refractivity contribution in [3.8, 4) is 6.01 Å². The van der Waals surface area contributed by atoms with E-state index in [1.807, 2.05) is 32.0 Å². The largest absolute Gasteiger partial charge is 0.466 e. The van der Waals surface area contributed by atoms with Crippen molar-refractivity contribution in [3.05, 3.63) is 34.9 Å². The van der Waals surface area contributed by atoms with E-state index in [0.717, 1.165) is 11.1 Å². The highest BCUT2D eigenvalue weighted by Crippen LogP contribution is 2.11. The number of amides is 1. The maximum Gasteiger partial charge on any atom is 0.336 e. The van der Waals surface area contributed by atoms with Crippen LogP contribution in [0.1, 0.15) is 21.5 Å². The van der Waals surface area contributed by atoms with Gasteiger partial charge in [0.15, 0.2) is 0 Å². The molecule has 1 heterocycles. The number of anilines is 1. The van der Waals surface area contributed by atoms with Gasteiger partial charge in [-0.05, 0) is 26.0 Å². The molecule has 0 aliphatic carbocycles. The van der Waals surface area contributed by atoms with Gasteiger partial charge in [-0.15, -0.1) is 5.10 Å². The molecular weight excluding hydrogens is 232 g/mol. The number of methoxy groups -OCH3 is 1. The van der Waals surface area contributed by atoms with E-state index in [0.29, 0.717) is 5.56 Å². The van der Waals surface area contributed by atoms with Crippen LogP contribution >= 0.6 is 0 Å². The molecule has 6 nitrogen and oxygen atoms in total. The molecular formula is C12H14N4O2. The highest BCUT2D eigenvalue weighted by molar-refractivity contribution is 6.03.